The summed E-state index contributed by atoms with van der Waals surface area (Å²) in [5.41, 5.74) is 0. The molecule has 1 rings (SSSR count). The van der Waals surface area contributed by atoms with Gasteiger partial charge in [-0.05, 0) is 0 Å². The van der Waals surface area contributed by atoms with Crippen molar-refractivity contribution in [3.8, 4) is 0 Å². The molecule has 0 aromatic heterocycles. The lowest BCUT2D eigenvalue weighted by Crippen LogP contribution is -2.22. The van der Waals surface area contributed by atoms with E-state index in [1.807, 2.05) is 0 Å². The van der Waals surface area contributed by atoms with Crippen LogP contribution in [-0.4, -0.2) is 11.9 Å². The van der Waals surface area contributed by atoms with E-state index in [1.165, 1.54) is 0 Å². The highest BCUT2D eigenvalue weighted by atomic mass is 16.2. The molecule has 1 aliphatic rings. The number of hydrogen-bond donors (Lipinski definition) is 2. The van der Waals surface area contributed by atoms with E-state index in [0.717, 1.165) is 0 Å². The van der Waals surface area contributed by atoms with Crippen LogP contribution in [0.2, 0.25) is 0 Å². The fraction of sp³-hybridized carbons (Fsp3) is 0.167. The van der Waals surface area contributed by atoms with Gasteiger partial charge in [-0.1, -0.05) is 6.08 Å². The SMILES string of the molecule is C=CC[C]1NC(=O)NC1=O. The van der Waals surface area contributed by atoms with Crippen LogP contribution in [0.4, 0.5) is 4.79 Å². The fourth-order valence-corrected chi connectivity index (χ4v) is 0.692. The highest BCUT2D eigenvalue weighted by Crippen LogP contribution is 2.06. The fourth-order valence-electron chi connectivity index (χ4n) is 0.692. The van der Waals surface area contributed by atoms with Gasteiger partial charge in [-0.15, -0.1) is 6.58 Å². The van der Waals surface area contributed by atoms with Gasteiger partial charge in [-0.3, -0.25) is 10.1 Å². The van der Waals surface area contributed by atoms with Gasteiger partial charge in [0.1, 0.15) is 0 Å². The first-order chi connectivity index (χ1) is 4.74. The number of rotatable bonds is 2. The van der Waals surface area contributed by atoms with Gasteiger partial charge in [-0.2, -0.15) is 0 Å². The van der Waals surface area contributed by atoms with E-state index in [9.17, 15) is 9.59 Å². The van der Waals surface area contributed by atoms with Gasteiger partial charge in [0.25, 0.3) is 5.91 Å². The molecule has 0 unspecified atom stereocenters. The van der Waals surface area contributed by atoms with Gasteiger partial charge in [-0.25, -0.2) is 4.79 Å². The van der Waals surface area contributed by atoms with Crippen molar-refractivity contribution in [2.45, 2.75) is 6.42 Å². The molecule has 4 nitrogen and oxygen atoms in total. The summed E-state index contributed by atoms with van der Waals surface area (Å²) in [6.45, 7) is 3.43. The van der Waals surface area contributed by atoms with Crippen LogP contribution >= 0.6 is 0 Å². The standard InChI is InChI=1S/C6H7N2O2/c1-2-3-4-5(9)8-6(10)7-4/h2H,1,3H2,(H2,7,8,9,10). The monoisotopic (exact) mass is 139 g/mol. The molecule has 0 aromatic rings. The average Bonchev–Trinajstić information content (AvgIpc) is 2.13. The summed E-state index contributed by atoms with van der Waals surface area (Å²) in [5.74, 6) is -0.357. The predicted molar refractivity (Wildman–Crippen MR) is 34.7 cm³/mol. The smallest absolute Gasteiger partial charge is 0.320 e. The van der Waals surface area contributed by atoms with Crippen LogP contribution < -0.4 is 10.6 Å². The van der Waals surface area contributed by atoms with Crippen molar-refractivity contribution in [2.24, 2.45) is 0 Å². The number of imide groups is 1. The Kier molecular flexibility index (Phi) is 1.71. The van der Waals surface area contributed by atoms with E-state index in [1.54, 1.807) is 6.08 Å². The lowest BCUT2D eigenvalue weighted by atomic mass is 10.2. The number of carbonyl (C=O) groups is 2. The van der Waals surface area contributed by atoms with Crippen molar-refractivity contribution in [2.75, 3.05) is 0 Å². The summed E-state index contributed by atoms with van der Waals surface area (Å²) in [4.78, 5) is 21.1. The molecule has 53 valence electrons. The molecule has 3 amide bonds. The third kappa shape index (κ3) is 1.15. The largest absolute Gasteiger partial charge is 0.322 e. The minimum Gasteiger partial charge on any atom is -0.320 e. The molecule has 2 N–H and O–H groups in total. The zero-order chi connectivity index (χ0) is 7.56. The Labute approximate surface area is 58.3 Å². The maximum Gasteiger partial charge on any atom is 0.322 e. The zero-order valence-corrected chi connectivity index (χ0v) is 5.31. The van der Waals surface area contributed by atoms with Crippen molar-refractivity contribution in [1.82, 2.24) is 10.6 Å². The summed E-state index contributed by atoms with van der Waals surface area (Å²) in [6, 6.07) is -0.0955. The van der Waals surface area contributed by atoms with Crippen LogP contribution in [0.1, 0.15) is 6.42 Å². The van der Waals surface area contributed by atoms with Gasteiger partial charge >= 0.3 is 6.03 Å². The Bertz CT molecular complexity index is 188. The van der Waals surface area contributed by atoms with Gasteiger partial charge in [0.05, 0.1) is 0 Å². The molecule has 0 saturated carbocycles. The zero-order valence-electron chi connectivity index (χ0n) is 5.31. The molecular formula is C6H7N2O2. The first-order valence-corrected chi connectivity index (χ1v) is 2.83. The molecule has 10 heavy (non-hydrogen) atoms. The van der Waals surface area contributed by atoms with Crippen LogP contribution in [0.5, 0.6) is 0 Å². The van der Waals surface area contributed by atoms with Crippen LogP contribution in [0, 0.1) is 6.04 Å². The molecule has 0 atom stereocenters. The second kappa shape index (κ2) is 2.51. The van der Waals surface area contributed by atoms with Crippen molar-refractivity contribution in [3.05, 3.63) is 18.7 Å². The van der Waals surface area contributed by atoms with Crippen molar-refractivity contribution < 1.29 is 9.59 Å². The molecule has 0 bridgehead atoms. The number of nitrogens with one attached hydrogen (secondary N) is 2. The van der Waals surface area contributed by atoms with E-state index >= 15 is 0 Å². The van der Waals surface area contributed by atoms with Crippen molar-refractivity contribution in [1.29, 1.82) is 0 Å². The number of carbonyl (C=O) groups excluding carboxylic acids is 2. The first kappa shape index (κ1) is 6.80. The number of hydrogen-bond acceptors (Lipinski definition) is 2. The summed E-state index contributed by atoms with van der Waals surface area (Å²) >= 11 is 0. The molecule has 1 saturated heterocycles. The molecule has 1 fully saturated rings. The van der Waals surface area contributed by atoms with Gasteiger partial charge in [0.2, 0.25) is 0 Å². The van der Waals surface area contributed by atoms with E-state index in [2.05, 4.69) is 17.2 Å². The molecule has 0 spiro atoms. The maximum atomic E-state index is 10.7. The van der Waals surface area contributed by atoms with E-state index in [4.69, 9.17) is 0 Å². The number of urea groups is 1. The molecule has 4 heteroatoms. The quantitative estimate of drug-likeness (QED) is 0.415. The summed E-state index contributed by atoms with van der Waals surface area (Å²) in [6.07, 6.45) is 1.96. The molecule has 1 radical (unpaired) electrons. The average molecular weight is 139 g/mol. The van der Waals surface area contributed by atoms with E-state index in [-0.39, 0.29) is 5.91 Å². The van der Waals surface area contributed by atoms with Crippen molar-refractivity contribution >= 4 is 11.9 Å². The lowest BCUT2D eigenvalue weighted by Gasteiger charge is -1.97. The Morgan fingerprint density at radius 1 is 1.40 bits per heavy atom. The minimum atomic E-state index is -0.457. The van der Waals surface area contributed by atoms with E-state index < -0.39 is 6.03 Å². The van der Waals surface area contributed by atoms with Crippen molar-refractivity contribution in [3.63, 3.8) is 0 Å². The summed E-state index contributed by atoms with van der Waals surface area (Å²) in [7, 11) is 0. The highest BCUT2D eigenvalue weighted by molar-refractivity contribution is 6.09. The van der Waals surface area contributed by atoms with Crippen LogP contribution in [0.25, 0.3) is 0 Å². The lowest BCUT2D eigenvalue weighted by molar-refractivity contribution is -0.117. The number of amides is 3. The van der Waals surface area contributed by atoms with Gasteiger partial charge in [0, 0.05) is 6.42 Å². The normalized spacial score (nSPS) is 18.4. The highest BCUT2D eigenvalue weighted by Gasteiger charge is 2.28. The Morgan fingerprint density at radius 2 is 2.10 bits per heavy atom. The molecule has 1 aliphatic heterocycles. The van der Waals surface area contributed by atoms with Gasteiger partial charge < -0.3 is 5.32 Å². The molecule has 1 heterocycles. The predicted octanol–water partition coefficient (Wildman–Crippen LogP) is -0.0661. The molecule has 0 aliphatic carbocycles. The van der Waals surface area contributed by atoms with Crippen LogP contribution in [0.3, 0.4) is 0 Å². The second-order valence-corrected chi connectivity index (χ2v) is 1.88. The molecule has 0 aromatic carbocycles. The van der Waals surface area contributed by atoms with E-state index in [0.29, 0.717) is 12.5 Å². The second-order valence-electron chi connectivity index (χ2n) is 1.88. The maximum absolute atomic E-state index is 10.7. The van der Waals surface area contributed by atoms with Gasteiger partial charge in [0.15, 0.2) is 6.04 Å². The third-order valence-corrected chi connectivity index (χ3v) is 1.11. The molecular weight excluding hydrogens is 132 g/mol. The topological polar surface area (TPSA) is 58.2 Å². The summed E-state index contributed by atoms with van der Waals surface area (Å²) in [5, 5.41) is 4.43. The first-order valence-electron chi connectivity index (χ1n) is 2.83. The summed E-state index contributed by atoms with van der Waals surface area (Å²) < 4.78 is 0. The Balaban J connectivity index is 2.54. The van der Waals surface area contributed by atoms with Crippen LogP contribution in [0.15, 0.2) is 12.7 Å². The minimum absolute atomic E-state index is 0.357. The Morgan fingerprint density at radius 3 is 2.50 bits per heavy atom. The third-order valence-electron chi connectivity index (χ3n) is 1.11. The van der Waals surface area contributed by atoms with Crippen LogP contribution in [-0.2, 0) is 4.79 Å². The Hall–Kier alpha value is -1.32.